The highest BCUT2D eigenvalue weighted by Crippen LogP contribution is 2.38. The molecule has 2 heterocycles. The zero-order valence-electron chi connectivity index (χ0n) is 13.2. The lowest BCUT2D eigenvalue weighted by atomic mass is 9.90. The minimum absolute atomic E-state index is 0.0175. The van der Waals surface area contributed by atoms with Crippen LogP contribution in [0.1, 0.15) is 45.2 Å². The molecule has 2 N–H and O–H groups in total. The molecule has 0 radical (unpaired) electrons. The number of rotatable bonds is 4. The van der Waals surface area contributed by atoms with Gasteiger partial charge < -0.3 is 10.6 Å². The van der Waals surface area contributed by atoms with Crippen LogP contribution in [0.25, 0.3) is 0 Å². The van der Waals surface area contributed by atoms with Gasteiger partial charge in [-0.05, 0) is 18.8 Å². The van der Waals surface area contributed by atoms with Crippen LogP contribution in [0.15, 0.2) is 0 Å². The lowest BCUT2D eigenvalue weighted by Crippen LogP contribution is -2.49. The second kappa shape index (κ2) is 6.01. The Morgan fingerprint density at radius 2 is 2.19 bits per heavy atom. The van der Waals surface area contributed by atoms with Gasteiger partial charge in [-0.2, -0.15) is 5.10 Å². The van der Waals surface area contributed by atoms with Gasteiger partial charge in [0.1, 0.15) is 5.69 Å². The smallest absolute Gasteiger partial charge is 0.334 e. The lowest BCUT2D eigenvalue weighted by molar-refractivity contribution is -0.385. The Morgan fingerprint density at radius 3 is 2.71 bits per heavy atom. The van der Waals surface area contributed by atoms with Crippen molar-refractivity contribution >= 4 is 11.5 Å². The van der Waals surface area contributed by atoms with Gasteiger partial charge in [0.05, 0.1) is 4.92 Å². The van der Waals surface area contributed by atoms with Crippen molar-refractivity contribution in [2.75, 3.05) is 18.0 Å². The molecule has 1 aliphatic rings. The van der Waals surface area contributed by atoms with Crippen LogP contribution in [-0.2, 0) is 7.05 Å². The van der Waals surface area contributed by atoms with E-state index in [9.17, 15) is 10.1 Å². The van der Waals surface area contributed by atoms with Crippen molar-refractivity contribution in [1.82, 2.24) is 9.78 Å². The fourth-order valence-corrected chi connectivity index (χ4v) is 3.28. The molecular weight excluding hydrogens is 270 g/mol. The third-order valence-electron chi connectivity index (χ3n) is 4.38. The first-order valence-electron chi connectivity index (χ1n) is 7.56. The zero-order valence-corrected chi connectivity index (χ0v) is 13.2. The third-order valence-corrected chi connectivity index (χ3v) is 4.38. The molecular formula is C14H25N5O2. The van der Waals surface area contributed by atoms with E-state index in [-0.39, 0.29) is 22.6 Å². The fraction of sp³-hybridized carbons (Fsp3) is 0.786. The van der Waals surface area contributed by atoms with Crippen molar-refractivity contribution in [3.63, 3.8) is 0 Å². The number of anilines is 1. The summed E-state index contributed by atoms with van der Waals surface area (Å²) in [6.45, 7) is 7.32. The molecule has 2 rings (SSSR count). The van der Waals surface area contributed by atoms with Crippen molar-refractivity contribution in [2.45, 2.75) is 45.6 Å². The number of aryl methyl sites for hydroxylation is 1. The predicted octanol–water partition coefficient (Wildman–Crippen LogP) is 2.02. The SMILES string of the molecule is CC(C)c1nn(C)c(N2CCCC(C)C2CN)c1[N+](=O)[O-]. The van der Waals surface area contributed by atoms with E-state index in [2.05, 4.69) is 16.9 Å². The van der Waals surface area contributed by atoms with Crippen LogP contribution < -0.4 is 10.6 Å². The Labute approximate surface area is 125 Å². The molecule has 118 valence electrons. The largest absolute Gasteiger partial charge is 0.347 e. The minimum atomic E-state index is -0.301. The third kappa shape index (κ3) is 2.74. The van der Waals surface area contributed by atoms with Crippen molar-refractivity contribution in [3.8, 4) is 0 Å². The molecule has 1 aliphatic heterocycles. The quantitative estimate of drug-likeness (QED) is 0.678. The summed E-state index contributed by atoms with van der Waals surface area (Å²) >= 11 is 0. The van der Waals surface area contributed by atoms with Crippen LogP contribution in [0.2, 0.25) is 0 Å². The number of aromatic nitrogens is 2. The number of nitrogens with zero attached hydrogens (tertiary/aromatic N) is 4. The highest BCUT2D eigenvalue weighted by atomic mass is 16.6. The van der Waals surface area contributed by atoms with Crippen molar-refractivity contribution < 1.29 is 4.92 Å². The van der Waals surface area contributed by atoms with Gasteiger partial charge in [0.2, 0.25) is 5.82 Å². The van der Waals surface area contributed by atoms with Crippen LogP contribution in [0, 0.1) is 16.0 Å². The first-order chi connectivity index (χ1) is 9.88. The van der Waals surface area contributed by atoms with Gasteiger partial charge in [0.25, 0.3) is 0 Å². The molecule has 0 aromatic carbocycles. The number of nitro groups is 1. The van der Waals surface area contributed by atoms with E-state index in [4.69, 9.17) is 5.73 Å². The average molecular weight is 295 g/mol. The first kappa shape index (κ1) is 15.8. The van der Waals surface area contributed by atoms with E-state index >= 15 is 0 Å². The summed E-state index contributed by atoms with van der Waals surface area (Å²) in [5, 5.41) is 16.0. The molecule has 7 nitrogen and oxygen atoms in total. The summed E-state index contributed by atoms with van der Waals surface area (Å²) in [5.41, 5.74) is 6.61. The number of hydrogen-bond acceptors (Lipinski definition) is 5. The Bertz CT molecular complexity index is 526. The summed E-state index contributed by atoms with van der Waals surface area (Å²) in [7, 11) is 1.78. The fourth-order valence-electron chi connectivity index (χ4n) is 3.28. The van der Waals surface area contributed by atoms with E-state index in [1.54, 1.807) is 11.7 Å². The van der Waals surface area contributed by atoms with Crippen molar-refractivity contribution in [3.05, 3.63) is 15.8 Å². The highest BCUT2D eigenvalue weighted by molar-refractivity contribution is 5.63. The molecule has 0 bridgehead atoms. The molecule has 0 saturated carbocycles. The average Bonchev–Trinajstić information content (AvgIpc) is 2.76. The van der Waals surface area contributed by atoms with Gasteiger partial charge in [0.15, 0.2) is 0 Å². The van der Waals surface area contributed by atoms with Crippen molar-refractivity contribution in [1.29, 1.82) is 0 Å². The van der Waals surface area contributed by atoms with Crippen LogP contribution in [-0.4, -0.2) is 33.8 Å². The first-order valence-corrected chi connectivity index (χ1v) is 7.56. The van der Waals surface area contributed by atoms with Gasteiger partial charge >= 0.3 is 5.69 Å². The molecule has 0 amide bonds. The summed E-state index contributed by atoms with van der Waals surface area (Å²) in [6, 6.07) is 0.132. The molecule has 21 heavy (non-hydrogen) atoms. The van der Waals surface area contributed by atoms with Gasteiger partial charge in [-0.15, -0.1) is 0 Å². The van der Waals surface area contributed by atoms with Crippen LogP contribution in [0.5, 0.6) is 0 Å². The van der Waals surface area contributed by atoms with Crippen LogP contribution in [0.3, 0.4) is 0 Å². The maximum Gasteiger partial charge on any atom is 0.334 e. The van der Waals surface area contributed by atoms with Crippen LogP contribution in [0.4, 0.5) is 11.5 Å². The second-order valence-electron chi connectivity index (χ2n) is 6.21. The van der Waals surface area contributed by atoms with E-state index in [0.717, 1.165) is 19.4 Å². The molecule has 1 fully saturated rings. The second-order valence-corrected chi connectivity index (χ2v) is 6.21. The Kier molecular flexibility index (Phi) is 4.51. The number of hydrogen-bond donors (Lipinski definition) is 1. The highest BCUT2D eigenvalue weighted by Gasteiger charge is 2.37. The van der Waals surface area contributed by atoms with Crippen molar-refractivity contribution in [2.24, 2.45) is 18.7 Å². The molecule has 0 spiro atoms. The lowest BCUT2D eigenvalue weighted by Gasteiger charge is -2.40. The van der Waals surface area contributed by atoms with E-state index in [0.29, 0.717) is 24.0 Å². The predicted molar refractivity (Wildman–Crippen MR) is 82.5 cm³/mol. The maximum atomic E-state index is 11.6. The zero-order chi connectivity index (χ0) is 15.7. The normalized spacial score (nSPS) is 22.9. The van der Waals surface area contributed by atoms with E-state index < -0.39 is 0 Å². The summed E-state index contributed by atoms with van der Waals surface area (Å²) < 4.78 is 1.65. The molecule has 1 aromatic heterocycles. The summed E-state index contributed by atoms with van der Waals surface area (Å²) in [4.78, 5) is 13.4. The summed E-state index contributed by atoms with van der Waals surface area (Å²) in [6.07, 6.45) is 2.14. The van der Waals surface area contributed by atoms with Gasteiger partial charge in [0, 0.05) is 32.1 Å². The number of nitrogens with two attached hydrogens (primary N) is 1. The molecule has 2 unspecified atom stereocenters. The van der Waals surface area contributed by atoms with Gasteiger partial charge in [-0.25, -0.2) is 4.68 Å². The monoisotopic (exact) mass is 295 g/mol. The van der Waals surface area contributed by atoms with E-state index in [1.165, 1.54) is 0 Å². The molecule has 0 aliphatic carbocycles. The van der Waals surface area contributed by atoms with Crippen LogP contribution >= 0.6 is 0 Å². The Morgan fingerprint density at radius 1 is 1.52 bits per heavy atom. The van der Waals surface area contributed by atoms with Gasteiger partial charge in [-0.1, -0.05) is 20.8 Å². The number of piperidine rings is 1. The Balaban J connectivity index is 2.54. The molecule has 7 heteroatoms. The topological polar surface area (TPSA) is 90.2 Å². The van der Waals surface area contributed by atoms with Gasteiger partial charge in [-0.3, -0.25) is 10.1 Å². The maximum absolute atomic E-state index is 11.6. The standard InChI is InChI=1S/C14H25N5O2/c1-9(2)12-13(19(20)21)14(17(4)16-12)18-7-5-6-10(3)11(18)8-15/h9-11H,5-8,15H2,1-4H3. The molecule has 1 aromatic rings. The Hall–Kier alpha value is -1.63. The van der Waals surface area contributed by atoms with E-state index in [1.807, 2.05) is 13.8 Å². The minimum Gasteiger partial charge on any atom is -0.347 e. The molecule has 2 atom stereocenters. The summed E-state index contributed by atoms with van der Waals surface area (Å²) in [5.74, 6) is 1.05. The molecule has 1 saturated heterocycles.